The Labute approximate surface area is 152 Å². The number of rotatable bonds is 2. The van der Waals surface area contributed by atoms with Gasteiger partial charge in [0, 0.05) is 38.6 Å². The van der Waals surface area contributed by atoms with Gasteiger partial charge < -0.3 is 19.5 Å². The summed E-state index contributed by atoms with van der Waals surface area (Å²) in [5.41, 5.74) is 2.22. The van der Waals surface area contributed by atoms with Gasteiger partial charge in [-0.1, -0.05) is 24.3 Å². The van der Waals surface area contributed by atoms with Crippen molar-refractivity contribution in [3.8, 4) is 0 Å². The number of fused-ring (bicyclic) bond motifs is 1. The van der Waals surface area contributed by atoms with Crippen molar-refractivity contribution < 1.29 is 14.0 Å². The van der Waals surface area contributed by atoms with E-state index in [0.29, 0.717) is 26.1 Å². The first-order valence-electron chi connectivity index (χ1n) is 9.07. The maximum absolute atomic E-state index is 13.3. The average molecular weight is 353 g/mol. The predicted molar refractivity (Wildman–Crippen MR) is 96.6 cm³/mol. The normalized spacial score (nSPS) is 22.8. The van der Waals surface area contributed by atoms with Crippen molar-refractivity contribution in [2.24, 2.45) is 0 Å². The van der Waals surface area contributed by atoms with Crippen molar-refractivity contribution in [2.75, 3.05) is 19.6 Å². The summed E-state index contributed by atoms with van der Waals surface area (Å²) >= 11 is 0. The Morgan fingerprint density at radius 1 is 1.15 bits per heavy atom. The first-order valence-corrected chi connectivity index (χ1v) is 9.07. The molecule has 1 aromatic heterocycles. The second kappa shape index (κ2) is 6.96. The third-order valence-electron chi connectivity index (χ3n) is 5.21. The number of carbonyl (C=O) groups excluding carboxylic acids is 2. The molecule has 0 radical (unpaired) electrons. The Morgan fingerprint density at radius 3 is 2.69 bits per heavy atom. The molecule has 4 rings (SSSR count). The minimum atomic E-state index is -0.493. The Hall–Kier alpha value is -2.60. The summed E-state index contributed by atoms with van der Waals surface area (Å²) < 4.78 is 5.30. The minimum Gasteiger partial charge on any atom is -0.459 e. The molecule has 1 aromatic carbocycles. The lowest BCUT2D eigenvalue weighted by atomic mass is 9.92. The zero-order valence-electron chi connectivity index (χ0n) is 14.9. The molecule has 136 valence electrons. The molecule has 6 nitrogen and oxygen atoms in total. The summed E-state index contributed by atoms with van der Waals surface area (Å²) in [6.45, 7) is 4.61. The van der Waals surface area contributed by atoms with Crippen LogP contribution in [0, 0.1) is 0 Å². The van der Waals surface area contributed by atoms with Crippen LogP contribution in [-0.2, 0) is 17.8 Å². The van der Waals surface area contributed by atoms with E-state index in [-0.39, 0.29) is 23.6 Å². The van der Waals surface area contributed by atoms with Crippen LogP contribution in [0.4, 0.5) is 0 Å². The first-order chi connectivity index (χ1) is 12.6. The number of benzene rings is 1. The molecule has 0 spiro atoms. The van der Waals surface area contributed by atoms with Gasteiger partial charge in [-0.05, 0) is 30.2 Å². The summed E-state index contributed by atoms with van der Waals surface area (Å²) in [6.07, 6.45) is 2.03. The highest BCUT2D eigenvalue weighted by Gasteiger charge is 2.38. The number of hydrogen-bond acceptors (Lipinski definition) is 4. The SMILES string of the molecule is CC1CN(C(=O)C2Cc3ccccc3CN2C(=O)c2ccco2)CCN1. The Kier molecular flexibility index (Phi) is 4.51. The van der Waals surface area contributed by atoms with Gasteiger partial charge in [0.25, 0.3) is 5.91 Å². The molecule has 2 aliphatic heterocycles. The van der Waals surface area contributed by atoms with Crippen molar-refractivity contribution >= 4 is 11.8 Å². The summed E-state index contributed by atoms with van der Waals surface area (Å²) in [5, 5.41) is 3.35. The van der Waals surface area contributed by atoms with Gasteiger partial charge in [0.1, 0.15) is 6.04 Å². The molecule has 0 aliphatic carbocycles. The number of amides is 2. The Balaban J connectivity index is 1.64. The standard InChI is InChI=1S/C20H23N3O3/c1-14-12-22(9-8-21-14)19(24)17-11-15-5-2-3-6-16(15)13-23(17)20(25)18-7-4-10-26-18/h2-7,10,14,17,21H,8-9,11-13H2,1H3. The van der Waals surface area contributed by atoms with Crippen LogP contribution in [0.1, 0.15) is 28.6 Å². The van der Waals surface area contributed by atoms with Gasteiger partial charge in [-0.3, -0.25) is 9.59 Å². The van der Waals surface area contributed by atoms with Gasteiger partial charge in [0.15, 0.2) is 5.76 Å². The fourth-order valence-corrected chi connectivity index (χ4v) is 3.84. The first kappa shape index (κ1) is 16.8. The number of carbonyl (C=O) groups is 2. The smallest absolute Gasteiger partial charge is 0.290 e. The molecule has 26 heavy (non-hydrogen) atoms. The topological polar surface area (TPSA) is 65.8 Å². The second-order valence-electron chi connectivity index (χ2n) is 7.04. The fraction of sp³-hybridized carbons (Fsp3) is 0.400. The highest BCUT2D eigenvalue weighted by Crippen LogP contribution is 2.26. The molecule has 1 saturated heterocycles. The summed E-state index contributed by atoms with van der Waals surface area (Å²) in [6, 6.07) is 11.1. The van der Waals surface area contributed by atoms with Crippen LogP contribution >= 0.6 is 0 Å². The number of piperazine rings is 1. The van der Waals surface area contributed by atoms with E-state index in [1.165, 1.54) is 6.26 Å². The van der Waals surface area contributed by atoms with E-state index in [1.807, 2.05) is 29.2 Å². The molecule has 1 N–H and O–H groups in total. The molecule has 0 bridgehead atoms. The monoisotopic (exact) mass is 353 g/mol. The third kappa shape index (κ3) is 3.12. The van der Waals surface area contributed by atoms with Crippen molar-refractivity contribution in [1.82, 2.24) is 15.1 Å². The summed E-state index contributed by atoms with van der Waals surface area (Å²) in [5.74, 6) is 0.0645. The molecule has 2 atom stereocenters. The fourth-order valence-electron chi connectivity index (χ4n) is 3.84. The molecule has 0 saturated carbocycles. The lowest BCUT2D eigenvalue weighted by Crippen LogP contribution is -2.58. The van der Waals surface area contributed by atoms with Crippen LogP contribution in [0.15, 0.2) is 47.1 Å². The van der Waals surface area contributed by atoms with E-state index in [2.05, 4.69) is 12.2 Å². The van der Waals surface area contributed by atoms with Gasteiger partial charge in [-0.25, -0.2) is 0 Å². The summed E-state index contributed by atoms with van der Waals surface area (Å²) in [7, 11) is 0. The van der Waals surface area contributed by atoms with Crippen LogP contribution in [0.5, 0.6) is 0 Å². The maximum atomic E-state index is 13.3. The van der Waals surface area contributed by atoms with Crippen LogP contribution in [0.25, 0.3) is 0 Å². The van der Waals surface area contributed by atoms with E-state index in [4.69, 9.17) is 4.42 Å². The maximum Gasteiger partial charge on any atom is 0.290 e. The van der Waals surface area contributed by atoms with E-state index >= 15 is 0 Å². The lowest BCUT2D eigenvalue weighted by molar-refractivity contribution is -0.137. The van der Waals surface area contributed by atoms with Gasteiger partial charge in [-0.15, -0.1) is 0 Å². The second-order valence-corrected chi connectivity index (χ2v) is 7.04. The van der Waals surface area contributed by atoms with E-state index in [1.54, 1.807) is 17.0 Å². The molecule has 6 heteroatoms. The molecule has 2 amide bonds. The summed E-state index contributed by atoms with van der Waals surface area (Å²) in [4.78, 5) is 29.8. The average Bonchev–Trinajstić information content (AvgIpc) is 3.20. The minimum absolute atomic E-state index is 0.0211. The highest BCUT2D eigenvalue weighted by atomic mass is 16.3. The molecular formula is C20H23N3O3. The van der Waals surface area contributed by atoms with Crippen LogP contribution in [0.2, 0.25) is 0 Å². The van der Waals surface area contributed by atoms with Crippen LogP contribution in [0.3, 0.4) is 0 Å². The molecule has 2 aromatic rings. The van der Waals surface area contributed by atoms with Crippen LogP contribution in [-0.4, -0.2) is 53.3 Å². The quantitative estimate of drug-likeness (QED) is 0.892. The highest BCUT2D eigenvalue weighted by molar-refractivity contribution is 5.96. The van der Waals surface area contributed by atoms with E-state index < -0.39 is 6.04 Å². The zero-order valence-corrected chi connectivity index (χ0v) is 14.9. The molecular weight excluding hydrogens is 330 g/mol. The predicted octanol–water partition coefficient (Wildman–Crippen LogP) is 1.67. The Bertz CT molecular complexity index is 802. The van der Waals surface area contributed by atoms with Crippen LogP contribution < -0.4 is 5.32 Å². The number of furan rings is 1. The van der Waals surface area contributed by atoms with Gasteiger partial charge in [0.05, 0.1) is 6.26 Å². The zero-order chi connectivity index (χ0) is 18.1. The molecule has 3 heterocycles. The number of nitrogens with zero attached hydrogens (tertiary/aromatic N) is 2. The molecule has 1 fully saturated rings. The lowest BCUT2D eigenvalue weighted by Gasteiger charge is -2.40. The number of nitrogens with one attached hydrogen (secondary N) is 1. The van der Waals surface area contributed by atoms with Crippen molar-refractivity contribution in [3.63, 3.8) is 0 Å². The van der Waals surface area contributed by atoms with Crippen molar-refractivity contribution in [2.45, 2.75) is 32.0 Å². The van der Waals surface area contributed by atoms with Gasteiger partial charge in [0.2, 0.25) is 5.91 Å². The Morgan fingerprint density at radius 2 is 1.96 bits per heavy atom. The van der Waals surface area contributed by atoms with Gasteiger partial charge >= 0.3 is 0 Å². The van der Waals surface area contributed by atoms with E-state index in [9.17, 15) is 9.59 Å². The molecule has 2 aliphatic rings. The third-order valence-corrected chi connectivity index (χ3v) is 5.21. The van der Waals surface area contributed by atoms with Crippen molar-refractivity contribution in [3.05, 3.63) is 59.5 Å². The van der Waals surface area contributed by atoms with Gasteiger partial charge in [-0.2, -0.15) is 0 Å². The largest absolute Gasteiger partial charge is 0.459 e. The van der Waals surface area contributed by atoms with E-state index in [0.717, 1.165) is 17.7 Å². The molecule has 2 unspecified atom stereocenters. The van der Waals surface area contributed by atoms with Crippen molar-refractivity contribution in [1.29, 1.82) is 0 Å². The number of hydrogen-bond donors (Lipinski definition) is 1.